The van der Waals surface area contributed by atoms with Crippen LogP contribution in [0.4, 0.5) is 11.4 Å². The minimum absolute atomic E-state index is 0.0113. The van der Waals surface area contributed by atoms with Crippen LogP contribution in [0.3, 0.4) is 0 Å². The Morgan fingerprint density at radius 2 is 1.17 bits per heavy atom. The molecular formula is C34H43I6N6O14+. The molecule has 4 atom stereocenters. The van der Waals surface area contributed by atoms with Crippen molar-refractivity contribution in [3.63, 3.8) is 0 Å². The number of likely N-dealkylation sites (N-methyl/N-ethyl adjacent to an activating group) is 2. The molecule has 2 rings (SSSR count). The lowest BCUT2D eigenvalue weighted by Crippen LogP contribution is -2.59. The van der Waals surface area contributed by atoms with Gasteiger partial charge in [-0.3, -0.25) is 19.2 Å². The highest BCUT2D eigenvalue weighted by Gasteiger charge is 2.50. The summed E-state index contributed by atoms with van der Waals surface area (Å²) >= 11 is 10.6. The molecular weight excluding hydrogens is 1480 g/mol. The number of nitrogens with zero attached hydrogens (tertiary/aromatic N) is 2. The second-order valence-corrected chi connectivity index (χ2v) is 19.2. The number of hydrogen-bond donors (Lipinski definition) is 11. The number of aliphatic hydroxyl groups excluding tert-OH is 7. The van der Waals surface area contributed by atoms with Crippen molar-refractivity contribution in [1.82, 2.24) is 25.3 Å². The molecule has 60 heavy (non-hydrogen) atoms. The SMILES string of the molecule is CNCC(=O)[N+](C)(C(=O)c1c(I)c(NC(=O)COC)c(I)c(C(=O)N(CCO)CC(O)CO)c1I)c1c(I)c(C(=O)NCC(O)CO)c(I)c(C(=O)NCC(O)CO)c1I. The maximum absolute atomic E-state index is 15.7. The number of hydrogen-bond acceptors (Lipinski definition) is 15. The van der Waals surface area contributed by atoms with E-state index in [1.807, 2.05) is 0 Å². The Hall–Kier alpha value is -0.360. The summed E-state index contributed by atoms with van der Waals surface area (Å²) in [6.07, 6.45) is -4.14. The predicted molar refractivity (Wildman–Crippen MR) is 268 cm³/mol. The van der Waals surface area contributed by atoms with Crippen LogP contribution in [-0.4, -0.2) is 181 Å². The monoisotopic (exact) mass is 1520 g/mol. The lowest BCUT2D eigenvalue weighted by molar-refractivity contribution is -0.126. The normalized spacial score (nSPS) is 13.8. The van der Waals surface area contributed by atoms with Crippen molar-refractivity contribution in [2.24, 2.45) is 0 Å². The summed E-state index contributed by atoms with van der Waals surface area (Å²) in [4.78, 5) is 86.7. The topological polar surface area (TPSA) is 305 Å². The highest BCUT2D eigenvalue weighted by molar-refractivity contribution is 14.1. The minimum atomic E-state index is -1.41. The Kier molecular flexibility index (Phi) is 24.1. The van der Waals surface area contributed by atoms with E-state index in [9.17, 15) is 59.7 Å². The van der Waals surface area contributed by atoms with Gasteiger partial charge in [-0.2, -0.15) is 4.48 Å². The fraction of sp³-hybridized carbons (Fsp3) is 0.471. The van der Waals surface area contributed by atoms with Crippen LogP contribution in [0.5, 0.6) is 0 Å². The molecule has 0 aromatic heterocycles. The van der Waals surface area contributed by atoms with Gasteiger partial charge in [0.25, 0.3) is 17.7 Å². The zero-order valence-corrected chi connectivity index (χ0v) is 44.9. The zero-order valence-electron chi connectivity index (χ0n) is 32.0. The van der Waals surface area contributed by atoms with Gasteiger partial charge < -0.3 is 66.6 Å². The van der Waals surface area contributed by atoms with Gasteiger partial charge in [0.05, 0.1) is 88.4 Å². The van der Waals surface area contributed by atoms with Gasteiger partial charge in [-0.05, 0) is 143 Å². The summed E-state index contributed by atoms with van der Waals surface area (Å²) in [5, 5.41) is 78.9. The number of anilines is 1. The van der Waals surface area contributed by atoms with Gasteiger partial charge in [0.15, 0.2) is 5.69 Å². The quantitative estimate of drug-likeness (QED) is 0.0549. The predicted octanol–water partition coefficient (Wildman–Crippen LogP) is -0.624. The van der Waals surface area contributed by atoms with Gasteiger partial charge in [0, 0.05) is 40.4 Å². The first-order valence-corrected chi connectivity index (χ1v) is 23.8. The molecule has 0 heterocycles. The van der Waals surface area contributed by atoms with Crippen LogP contribution in [0.15, 0.2) is 0 Å². The first kappa shape index (κ1) is 55.8. The van der Waals surface area contributed by atoms with Gasteiger partial charge in [-0.1, -0.05) is 0 Å². The van der Waals surface area contributed by atoms with Gasteiger partial charge in [0.2, 0.25) is 5.91 Å². The van der Waals surface area contributed by atoms with Gasteiger partial charge in [-0.15, -0.1) is 0 Å². The summed E-state index contributed by atoms with van der Waals surface area (Å²) in [7, 11) is 3.95. The lowest BCUT2D eigenvalue weighted by atomic mass is 10.0. The van der Waals surface area contributed by atoms with Crippen LogP contribution in [-0.2, 0) is 14.3 Å². The number of amides is 6. The van der Waals surface area contributed by atoms with Crippen molar-refractivity contribution < 1.29 is 69.2 Å². The summed E-state index contributed by atoms with van der Waals surface area (Å²) in [6, 6.07) is 0. The van der Waals surface area contributed by atoms with Crippen molar-refractivity contribution in [2.75, 3.05) is 92.3 Å². The standard InChI is InChI=1S/C34H42I6N6O14/c1-41-8-18(55)46(2,30-27(39)19(31(56)42-6-14(51)10-48)23(35)20(28(30)40)32(57)43-7-15(52)11-49)34(59)22-24(36)21(33(58)45(4-5-47)9-16(53)12-50)25(37)29(26(22)38)44-17(54)13-60-3/h14-16,41,47-53H,4-13H2,1-3H3,(H2-,42,43,44,54,56,57)/p+1. The number of ether oxygens (including phenoxy) is 1. The zero-order chi connectivity index (χ0) is 45.8. The Bertz CT molecular complexity index is 1910. The molecule has 11 N–H and O–H groups in total. The molecule has 0 aliphatic heterocycles. The van der Waals surface area contributed by atoms with E-state index in [4.69, 9.17) is 4.74 Å². The molecule has 0 saturated carbocycles. The van der Waals surface area contributed by atoms with E-state index in [1.54, 1.807) is 136 Å². The van der Waals surface area contributed by atoms with E-state index >= 15 is 4.79 Å². The van der Waals surface area contributed by atoms with Gasteiger partial charge >= 0.3 is 11.8 Å². The van der Waals surface area contributed by atoms with Crippen molar-refractivity contribution in [3.8, 4) is 0 Å². The van der Waals surface area contributed by atoms with E-state index in [-0.39, 0.29) is 61.6 Å². The molecule has 20 nitrogen and oxygen atoms in total. The number of nitrogens with one attached hydrogen (secondary N) is 4. The Balaban J connectivity index is 3.29. The molecule has 2 aromatic rings. The average molecular weight is 1520 g/mol. The smallest absolute Gasteiger partial charge is 0.360 e. The molecule has 334 valence electrons. The van der Waals surface area contributed by atoms with Crippen molar-refractivity contribution >= 4 is 182 Å². The molecule has 6 amide bonds. The van der Waals surface area contributed by atoms with Gasteiger partial charge in [-0.25, -0.2) is 9.59 Å². The van der Waals surface area contributed by atoms with Crippen molar-refractivity contribution in [1.29, 1.82) is 0 Å². The summed E-state index contributed by atoms with van der Waals surface area (Å²) < 4.78 is 3.93. The molecule has 0 spiro atoms. The molecule has 26 heteroatoms. The molecule has 2 aromatic carbocycles. The third kappa shape index (κ3) is 13.1. The summed E-state index contributed by atoms with van der Waals surface area (Å²) in [5.41, 5.74) is -1.02. The van der Waals surface area contributed by atoms with E-state index in [2.05, 4.69) is 21.3 Å². The summed E-state index contributed by atoms with van der Waals surface area (Å²) in [6.45, 7) is -5.14. The average Bonchev–Trinajstić information content (AvgIpc) is 3.19. The lowest BCUT2D eigenvalue weighted by Gasteiger charge is -2.33. The maximum Gasteiger partial charge on any atom is 0.360 e. The van der Waals surface area contributed by atoms with Crippen LogP contribution in [0, 0.1) is 21.4 Å². The number of halogens is 6. The highest BCUT2D eigenvalue weighted by atomic mass is 127. The molecule has 4 unspecified atom stereocenters. The Labute approximate surface area is 426 Å². The molecule has 0 bridgehead atoms. The van der Waals surface area contributed by atoms with E-state index in [0.717, 1.165) is 4.90 Å². The van der Waals surface area contributed by atoms with Crippen LogP contribution < -0.4 is 25.8 Å². The molecule has 0 radical (unpaired) electrons. The highest BCUT2D eigenvalue weighted by Crippen LogP contribution is 2.44. The van der Waals surface area contributed by atoms with Gasteiger partial charge in [0.1, 0.15) is 18.7 Å². The number of aliphatic hydroxyl groups is 7. The van der Waals surface area contributed by atoms with Crippen LogP contribution >= 0.6 is 136 Å². The van der Waals surface area contributed by atoms with E-state index in [1.165, 1.54) is 21.2 Å². The van der Waals surface area contributed by atoms with E-state index in [0.29, 0.717) is 0 Å². The largest absolute Gasteiger partial charge is 0.395 e. The molecule has 0 aliphatic rings. The van der Waals surface area contributed by atoms with Crippen molar-refractivity contribution in [2.45, 2.75) is 18.3 Å². The fourth-order valence-corrected chi connectivity index (χ4v) is 14.8. The number of imide groups is 1. The fourth-order valence-electron chi connectivity index (χ4n) is 5.36. The van der Waals surface area contributed by atoms with Crippen LogP contribution in [0.2, 0.25) is 0 Å². The first-order valence-electron chi connectivity index (χ1n) is 17.3. The number of carbonyl (C=O) groups is 6. The Morgan fingerprint density at radius 3 is 1.60 bits per heavy atom. The number of benzene rings is 2. The molecule has 0 fully saturated rings. The second kappa shape index (κ2) is 26.0. The van der Waals surface area contributed by atoms with Crippen LogP contribution in [0.1, 0.15) is 41.4 Å². The third-order valence-corrected chi connectivity index (χ3v) is 14.8. The number of quaternary nitrogens is 1. The Morgan fingerprint density at radius 1 is 0.700 bits per heavy atom. The number of methoxy groups -OCH3 is 1. The third-order valence-electron chi connectivity index (χ3n) is 8.43. The van der Waals surface area contributed by atoms with Crippen molar-refractivity contribution in [3.05, 3.63) is 43.7 Å². The number of rotatable bonds is 21. The molecule has 0 saturated heterocycles. The first-order chi connectivity index (χ1) is 28.2. The minimum Gasteiger partial charge on any atom is -0.395 e. The second-order valence-electron chi connectivity index (χ2n) is 12.7. The van der Waals surface area contributed by atoms with E-state index < -0.39 is 117 Å². The summed E-state index contributed by atoms with van der Waals surface area (Å²) in [5.74, 6) is -5.03. The molecule has 0 aliphatic carbocycles. The van der Waals surface area contributed by atoms with Crippen LogP contribution in [0.25, 0.3) is 0 Å². The number of carbonyl (C=O) groups excluding carboxylic acids is 6. The maximum atomic E-state index is 15.7.